The minimum absolute atomic E-state index is 0.190. The first-order valence-corrected chi connectivity index (χ1v) is 6.81. The van der Waals surface area contributed by atoms with Crippen molar-refractivity contribution in [1.29, 1.82) is 0 Å². The van der Waals surface area contributed by atoms with Crippen molar-refractivity contribution in [2.24, 2.45) is 5.92 Å². The average molecular weight is 262 g/mol. The van der Waals surface area contributed by atoms with E-state index < -0.39 is 5.60 Å². The van der Waals surface area contributed by atoms with Crippen LogP contribution in [0.5, 0.6) is 0 Å². The molecule has 2 rings (SSSR count). The number of rotatable bonds is 2. The normalized spacial score (nSPS) is 19.5. The first-order valence-electron chi connectivity index (χ1n) is 6.81. The van der Waals surface area contributed by atoms with E-state index in [0.29, 0.717) is 5.92 Å². The largest absolute Gasteiger partial charge is 0.444 e. The van der Waals surface area contributed by atoms with Crippen LogP contribution in [0.4, 0.5) is 4.79 Å². The van der Waals surface area contributed by atoms with Crippen molar-refractivity contribution >= 4 is 6.09 Å². The maximum absolute atomic E-state index is 12.0. The Morgan fingerprint density at radius 2 is 2.11 bits per heavy atom. The number of hydrogen-bond acceptors (Lipinski definition) is 3. The highest BCUT2D eigenvalue weighted by atomic mass is 16.6. The summed E-state index contributed by atoms with van der Waals surface area (Å²) in [6.07, 6.45) is 5.49. The number of carbonyl (C=O) groups is 1. The third-order valence-electron chi connectivity index (χ3n) is 3.21. The maximum Gasteiger partial charge on any atom is 0.410 e. The lowest BCUT2D eigenvalue weighted by Gasteiger charge is -2.24. The summed E-state index contributed by atoms with van der Waals surface area (Å²) in [5.74, 6) is 0.523. The lowest BCUT2D eigenvalue weighted by atomic mass is 10.00. The molecule has 1 amide bonds. The number of aromatic nitrogens is 1. The fraction of sp³-hybridized carbons (Fsp3) is 0.600. The number of hydrogen-bond donors (Lipinski definition) is 0. The third-order valence-corrected chi connectivity index (χ3v) is 3.21. The zero-order valence-electron chi connectivity index (χ0n) is 11.9. The Labute approximate surface area is 114 Å². The molecule has 0 aliphatic carbocycles. The maximum atomic E-state index is 12.0. The molecule has 1 aliphatic heterocycles. The van der Waals surface area contributed by atoms with Gasteiger partial charge >= 0.3 is 6.09 Å². The van der Waals surface area contributed by atoms with Gasteiger partial charge in [0, 0.05) is 25.5 Å². The molecular weight excluding hydrogens is 240 g/mol. The highest BCUT2D eigenvalue weighted by molar-refractivity contribution is 5.68. The van der Waals surface area contributed by atoms with E-state index in [1.54, 1.807) is 0 Å². The Morgan fingerprint density at radius 3 is 2.74 bits per heavy atom. The molecule has 1 saturated heterocycles. The summed E-state index contributed by atoms with van der Waals surface area (Å²) in [7, 11) is 0. The molecule has 0 unspecified atom stereocenters. The van der Waals surface area contributed by atoms with Crippen molar-refractivity contribution in [1.82, 2.24) is 9.88 Å². The van der Waals surface area contributed by atoms with Gasteiger partial charge in [-0.2, -0.15) is 0 Å². The molecule has 0 saturated carbocycles. The topological polar surface area (TPSA) is 42.4 Å². The zero-order valence-corrected chi connectivity index (χ0v) is 11.9. The molecule has 4 nitrogen and oxygen atoms in total. The SMILES string of the molecule is CC(C)(C)OC(=O)N1CC[C@H](Cc2ccncc2)C1. The second-order valence-electron chi connectivity index (χ2n) is 6.14. The van der Waals surface area contributed by atoms with Crippen LogP contribution in [0.3, 0.4) is 0 Å². The number of pyridine rings is 1. The Kier molecular flexibility index (Phi) is 4.08. The Morgan fingerprint density at radius 1 is 1.42 bits per heavy atom. The second kappa shape index (κ2) is 5.59. The van der Waals surface area contributed by atoms with Gasteiger partial charge in [-0.1, -0.05) is 0 Å². The van der Waals surface area contributed by atoms with Gasteiger partial charge in [0.25, 0.3) is 0 Å². The van der Waals surface area contributed by atoms with Crippen LogP contribution in [0, 0.1) is 5.92 Å². The predicted molar refractivity (Wildman–Crippen MR) is 73.9 cm³/mol. The van der Waals surface area contributed by atoms with Crippen LogP contribution >= 0.6 is 0 Å². The van der Waals surface area contributed by atoms with Gasteiger partial charge in [0.05, 0.1) is 0 Å². The molecule has 0 radical (unpaired) electrons. The van der Waals surface area contributed by atoms with Crippen molar-refractivity contribution in [3.8, 4) is 0 Å². The van der Waals surface area contributed by atoms with Gasteiger partial charge in [-0.25, -0.2) is 4.79 Å². The molecule has 0 bridgehead atoms. The van der Waals surface area contributed by atoms with Crippen LogP contribution in [0.15, 0.2) is 24.5 Å². The highest BCUT2D eigenvalue weighted by Gasteiger charge is 2.29. The number of ether oxygens (including phenoxy) is 1. The zero-order chi connectivity index (χ0) is 13.9. The summed E-state index contributed by atoms with van der Waals surface area (Å²) in [6, 6.07) is 4.08. The second-order valence-corrected chi connectivity index (χ2v) is 6.14. The van der Waals surface area contributed by atoms with Gasteiger partial charge in [0.1, 0.15) is 5.60 Å². The number of likely N-dealkylation sites (tertiary alicyclic amines) is 1. The number of amides is 1. The van der Waals surface area contributed by atoms with Crippen LogP contribution in [0.1, 0.15) is 32.8 Å². The molecule has 0 aromatic carbocycles. The summed E-state index contributed by atoms with van der Waals surface area (Å²) in [6.45, 7) is 7.28. The van der Waals surface area contributed by atoms with E-state index in [-0.39, 0.29) is 6.09 Å². The first kappa shape index (κ1) is 13.8. The van der Waals surface area contributed by atoms with E-state index in [0.717, 1.165) is 25.9 Å². The fourth-order valence-corrected chi connectivity index (χ4v) is 2.34. The lowest BCUT2D eigenvalue weighted by Crippen LogP contribution is -2.35. The van der Waals surface area contributed by atoms with Crippen LogP contribution in [-0.4, -0.2) is 34.7 Å². The van der Waals surface area contributed by atoms with Crippen LogP contribution < -0.4 is 0 Å². The highest BCUT2D eigenvalue weighted by Crippen LogP contribution is 2.22. The molecule has 104 valence electrons. The fourth-order valence-electron chi connectivity index (χ4n) is 2.34. The molecular formula is C15H22N2O2. The molecule has 0 spiro atoms. The average Bonchev–Trinajstić information content (AvgIpc) is 2.77. The molecule has 4 heteroatoms. The summed E-state index contributed by atoms with van der Waals surface area (Å²) >= 11 is 0. The van der Waals surface area contributed by atoms with Crippen LogP contribution in [0.2, 0.25) is 0 Å². The monoisotopic (exact) mass is 262 g/mol. The smallest absolute Gasteiger partial charge is 0.410 e. The molecule has 19 heavy (non-hydrogen) atoms. The van der Waals surface area contributed by atoms with E-state index >= 15 is 0 Å². The quantitative estimate of drug-likeness (QED) is 0.823. The molecule has 1 fully saturated rings. The van der Waals surface area contributed by atoms with Crippen molar-refractivity contribution in [2.75, 3.05) is 13.1 Å². The summed E-state index contributed by atoms with van der Waals surface area (Å²) in [4.78, 5) is 17.8. The van der Waals surface area contributed by atoms with Crippen LogP contribution in [0.25, 0.3) is 0 Å². The van der Waals surface area contributed by atoms with E-state index in [1.165, 1.54) is 5.56 Å². The number of carbonyl (C=O) groups excluding carboxylic acids is 1. The van der Waals surface area contributed by atoms with Gasteiger partial charge < -0.3 is 9.64 Å². The van der Waals surface area contributed by atoms with E-state index in [1.807, 2.05) is 50.2 Å². The minimum atomic E-state index is -0.416. The standard InChI is InChI=1S/C15H22N2O2/c1-15(2,3)19-14(18)17-9-6-13(11-17)10-12-4-7-16-8-5-12/h4-5,7-8,13H,6,9-11H2,1-3H3/t13-/m1/s1. The molecule has 1 aromatic heterocycles. The summed E-state index contributed by atoms with van der Waals surface area (Å²) in [5, 5.41) is 0. The van der Waals surface area contributed by atoms with Crippen LogP contribution in [-0.2, 0) is 11.2 Å². The predicted octanol–water partition coefficient (Wildman–Crippen LogP) is 2.88. The van der Waals surface area contributed by atoms with Gasteiger partial charge in [-0.05, 0) is 57.2 Å². The van der Waals surface area contributed by atoms with Gasteiger partial charge in [0.15, 0.2) is 0 Å². The van der Waals surface area contributed by atoms with E-state index in [4.69, 9.17) is 4.74 Å². The molecule has 2 heterocycles. The minimum Gasteiger partial charge on any atom is -0.444 e. The Hall–Kier alpha value is -1.58. The molecule has 1 aromatic rings. The first-order chi connectivity index (χ1) is 8.94. The van der Waals surface area contributed by atoms with Gasteiger partial charge in [0.2, 0.25) is 0 Å². The number of nitrogens with zero attached hydrogens (tertiary/aromatic N) is 2. The Bertz CT molecular complexity index is 426. The van der Waals surface area contributed by atoms with Gasteiger partial charge in [-0.3, -0.25) is 4.98 Å². The van der Waals surface area contributed by atoms with Gasteiger partial charge in [-0.15, -0.1) is 0 Å². The molecule has 0 N–H and O–H groups in total. The van der Waals surface area contributed by atoms with Crippen molar-refractivity contribution in [2.45, 2.75) is 39.2 Å². The van der Waals surface area contributed by atoms with E-state index in [2.05, 4.69) is 4.98 Å². The Balaban J connectivity index is 1.85. The third kappa shape index (κ3) is 4.23. The van der Waals surface area contributed by atoms with Crippen molar-refractivity contribution < 1.29 is 9.53 Å². The lowest BCUT2D eigenvalue weighted by molar-refractivity contribution is 0.0288. The van der Waals surface area contributed by atoms with E-state index in [9.17, 15) is 4.79 Å². The molecule has 1 aliphatic rings. The van der Waals surface area contributed by atoms with Crippen molar-refractivity contribution in [3.05, 3.63) is 30.1 Å². The molecule has 1 atom stereocenters. The van der Waals surface area contributed by atoms with Crippen molar-refractivity contribution in [3.63, 3.8) is 0 Å². The summed E-state index contributed by atoms with van der Waals surface area (Å²) < 4.78 is 5.40. The summed E-state index contributed by atoms with van der Waals surface area (Å²) in [5.41, 5.74) is 0.867.